The molecule has 1 saturated heterocycles. The molecule has 17 heavy (non-hydrogen) atoms. The van der Waals surface area contributed by atoms with E-state index in [1.807, 2.05) is 7.05 Å². The van der Waals surface area contributed by atoms with Gasteiger partial charge in [0.25, 0.3) is 6.04 Å². The summed E-state index contributed by atoms with van der Waals surface area (Å²) >= 11 is 0. The van der Waals surface area contributed by atoms with Gasteiger partial charge in [-0.25, -0.2) is 0 Å². The molecule has 1 aliphatic heterocycles. The molecule has 0 radical (unpaired) electrons. The maximum atomic E-state index is 11.0. The van der Waals surface area contributed by atoms with E-state index in [1.54, 1.807) is 6.08 Å². The number of hydrogen-bond acceptors (Lipinski definition) is 5. The smallest absolute Gasteiger partial charge is 0.250 e. The van der Waals surface area contributed by atoms with Crippen LogP contribution in [0.5, 0.6) is 0 Å². The van der Waals surface area contributed by atoms with Gasteiger partial charge in [0, 0.05) is 31.1 Å². The van der Waals surface area contributed by atoms with Crippen molar-refractivity contribution in [2.45, 2.75) is 12.1 Å². The number of likely N-dealkylation sites (N-methyl/N-ethyl adjacent to an activating group) is 1. The lowest BCUT2D eigenvalue weighted by Crippen LogP contribution is -2.53. The molecule has 0 amide bonds. The van der Waals surface area contributed by atoms with Gasteiger partial charge in [-0.15, -0.1) is 0 Å². The van der Waals surface area contributed by atoms with Crippen LogP contribution in [0.25, 0.3) is 0 Å². The molecule has 0 spiro atoms. The Morgan fingerprint density at radius 2 is 2.06 bits per heavy atom. The number of nitrogens with zero attached hydrogens (tertiary/aromatic N) is 3. The first-order valence-electron chi connectivity index (χ1n) is 5.73. The van der Waals surface area contributed by atoms with Crippen LogP contribution in [0.15, 0.2) is 24.0 Å². The van der Waals surface area contributed by atoms with E-state index in [4.69, 9.17) is 0 Å². The third kappa shape index (κ3) is 2.65. The van der Waals surface area contributed by atoms with E-state index in [1.165, 1.54) is 12.2 Å². The summed E-state index contributed by atoms with van der Waals surface area (Å²) in [4.78, 5) is 15.0. The Kier molecular flexibility index (Phi) is 3.44. The van der Waals surface area contributed by atoms with Gasteiger partial charge < -0.3 is 10.0 Å². The Labute approximate surface area is 100.0 Å². The molecule has 1 fully saturated rings. The number of aliphatic hydroxyl groups is 1. The van der Waals surface area contributed by atoms with Crippen LogP contribution in [0.2, 0.25) is 0 Å². The predicted octanol–water partition coefficient (Wildman–Crippen LogP) is 0.259. The molecule has 0 saturated carbocycles. The molecule has 0 aromatic carbocycles. The van der Waals surface area contributed by atoms with E-state index >= 15 is 0 Å². The molecule has 1 heterocycles. The minimum absolute atomic E-state index is 0.118. The fourth-order valence-corrected chi connectivity index (χ4v) is 2.28. The van der Waals surface area contributed by atoms with Crippen LogP contribution >= 0.6 is 0 Å². The van der Waals surface area contributed by atoms with Crippen LogP contribution in [0, 0.1) is 10.1 Å². The summed E-state index contributed by atoms with van der Waals surface area (Å²) in [7, 11) is 2.04. The zero-order valence-corrected chi connectivity index (χ0v) is 9.82. The topological polar surface area (TPSA) is 69.8 Å². The first kappa shape index (κ1) is 12.1. The molecule has 2 rings (SSSR count). The molecule has 6 heteroatoms. The van der Waals surface area contributed by atoms with Crippen molar-refractivity contribution in [1.29, 1.82) is 0 Å². The SMILES string of the molecule is CN1CCN(C2C=C(O)C=CC2[N+](=O)[O-])CC1. The van der Waals surface area contributed by atoms with Crippen LogP contribution in [-0.2, 0) is 0 Å². The molecule has 6 nitrogen and oxygen atoms in total. The third-order valence-electron chi connectivity index (χ3n) is 3.36. The third-order valence-corrected chi connectivity index (χ3v) is 3.36. The van der Waals surface area contributed by atoms with E-state index < -0.39 is 6.04 Å². The van der Waals surface area contributed by atoms with Crippen LogP contribution in [-0.4, -0.2) is 65.1 Å². The Bertz CT molecular complexity index is 359. The molecule has 0 aromatic rings. The number of piperazine rings is 1. The number of rotatable bonds is 2. The summed E-state index contributed by atoms with van der Waals surface area (Å²) in [6, 6.07) is -1.09. The maximum Gasteiger partial charge on any atom is 0.250 e. The summed E-state index contributed by atoms with van der Waals surface area (Å²) < 4.78 is 0. The summed E-state index contributed by atoms with van der Waals surface area (Å²) in [5.41, 5.74) is 0. The van der Waals surface area contributed by atoms with E-state index in [2.05, 4.69) is 9.80 Å². The van der Waals surface area contributed by atoms with Crippen molar-refractivity contribution < 1.29 is 10.0 Å². The Balaban J connectivity index is 2.11. The van der Waals surface area contributed by atoms with Gasteiger partial charge >= 0.3 is 0 Å². The summed E-state index contributed by atoms with van der Waals surface area (Å²) in [6.07, 6.45) is 4.46. The van der Waals surface area contributed by atoms with Crippen LogP contribution in [0.4, 0.5) is 0 Å². The highest BCUT2D eigenvalue weighted by Crippen LogP contribution is 2.19. The van der Waals surface area contributed by atoms with Gasteiger partial charge in [0.1, 0.15) is 11.8 Å². The molecule has 0 bridgehead atoms. The summed E-state index contributed by atoms with van der Waals surface area (Å²) in [5.74, 6) is 0.118. The molecule has 94 valence electrons. The van der Waals surface area contributed by atoms with Crippen molar-refractivity contribution in [3.05, 3.63) is 34.1 Å². The Morgan fingerprint density at radius 3 is 2.65 bits per heavy atom. The van der Waals surface area contributed by atoms with Gasteiger partial charge in [0.05, 0.1) is 0 Å². The molecule has 1 aliphatic carbocycles. The van der Waals surface area contributed by atoms with Gasteiger partial charge in [-0.05, 0) is 25.3 Å². The fraction of sp³-hybridized carbons (Fsp3) is 0.636. The van der Waals surface area contributed by atoms with Crippen molar-refractivity contribution >= 4 is 0 Å². The standard InChI is InChI=1S/C11H17N3O3/c1-12-4-6-13(7-5-12)11-8-9(15)2-3-10(11)14(16)17/h2-3,8,10-11,15H,4-7H2,1H3. The maximum absolute atomic E-state index is 11.0. The van der Waals surface area contributed by atoms with Gasteiger partial charge in [-0.2, -0.15) is 0 Å². The van der Waals surface area contributed by atoms with Crippen molar-refractivity contribution in [1.82, 2.24) is 9.80 Å². The molecule has 1 N–H and O–H groups in total. The second-order valence-electron chi connectivity index (χ2n) is 4.56. The Hall–Kier alpha value is -1.40. The zero-order valence-electron chi connectivity index (χ0n) is 9.82. The minimum atomic E-state index is -0.755. The average molecular weight is 239 g/mol. The largest absolute Gasteiger partial charge is 0.508 e. The van der Waals surface area contributed by atoms with Crippen molar-refractivity contribution in [2.24, 2.45) is 0 Å². The highest BCUT2D eigenvalue weighted by Gasteiger charge is 2.35. The quantitative estimate of drug-likeness (QED) is 0.553. The lowest BCUT2D eigenvalue weighted by molar-refractivity contribution is -0.515. The minimum Gasteiger partial charge on any atom is -0.508 e. The molecule has 2 unspecified atom stereocenters. The van der Waals surface area contributed by atoms with Crippen molar-refractivity contribution in [3.8, 4) is 0 Å². The summed E-state index contributed by atoms with van der Waals surface area (Å²) in [5, 5.41) is 20.5. The highest BCUT2D eigenvalue weighted by atomic mass is 16.6. The lowest BCUT2D eigenvalue weighted by Gasteiger charge is -2.37. The number of nitro groups is 1. The van der Waals surface area contributed by atoms with E-state index in [0.717, 1.165) is 26.2 Å². The number of hydrogen-bond donors (Lipinski definition) is 1. The van der Waals surface area contributed by atoms with Crippen LogP contribution < -0.4 is 0 Å². The lowest BCUT2D eigenvalue weighted by atomic mass is 10.00. The molecular formula is C11H17N3O3. The van der Waals surface area contributed by atoms with Gasteiger partial charge in [0.2, 0.25) is 0 Å². The van der Waals surface area contributed by atoms with E-state index in [0.29, 0.717) is 0 Å². The molecule has 2 atom stereocenters. The van der Waals surface area contributed by atoms with Crippen molar-refractivity contribution in [3.63, 3.8) is 0 Å². The van der Waals surface area contributed by atoms with Gasteiger partial charge in [-0.3, -0.25) is 15.0 Å². The second kappa shape index (κ2) is 4.85. The zero-order chi connectivity index (χ0) is 12.4. The molecule has 0 aromatic heterocycles. The van der Waals surface area contributed by atoms with Gasteiger partial charge in [0.15, 0.2) is 0 Å². The normalized spacial score (nSPS) is 31.2. The highest BCUT2D eigenvalue weighted by molar-refractivity contribution is 5.23. The monoisotopic (exact) mass is 239 g/mol. The fourth-order valence-electron chi connectivity index (χ4n) is 2.28. The van der Waals surface area contributed by atoms with Gasteiger partial charge in [-0.1, -0.05) is 0 Å². The molecular weight excluding hydrogens is 222 g/mol. The molecule has 2 aliphatic rings. The second-order valence-corrected chi connectivity index (χ2v) is 4.56. The van der Waals surface area contributed by atoms with E-state index in [-0.39, 0.29) is 16.7 Å². The van der Waals surface area contributed by atoms with E-state index in [9.17, 15) is 15.2 Å². The first-order chi connectivity index (χ1) is 8.08. The first-order valence-corrected chi connectivity index (χ1v) is 5.73. The average Bonchev–Trinajstić information content (AvgIpc) is 2.29. The number of aliphatic hydroxyl groups excluding tert-OH is 1. The van der Waals surface area contributed by atoms with Crippen LogP contribution in [0.3, 0.4) is 0 Å². The summed E-state index contributed by atoms with van der Waals surface area (Å²) in [6.45, 7) is 3.39. The van der Waals surface area contributed by atoms with Crippen LogP contribution in [0.1, 0.15) is 0 Å². The predicted molar refractivity (Wildman–Crippen MR) is 63.5 cm³/mol. The number of allylic oxidation sites excluding steroid dienone is 1. The van der Waals surface area contributed by atoms with Crippen molar-refractivity contribution in [2.75, 3.05) is 33.2 Å². The Morgan fingerprint density at radius 1 is 1.41 bits per heavy atom.